The molecule has 0 aliphatic rings. The van der Waals surface area contributed by atoms with E-state index in [0.717, 1.165) is 24.7 Å². The summed E-state index contributed by atoms with van der Waals surface area (Å²) >= 11 is 0. The number of nitrogens with zero attached hydrogens (tertiary/aromatic N) is 1. The van der Waals surface area contributed by atoms with Crippen molar-refractivity contribution < 1.29 is 0 Å². The zero-order valence-corrected chi connectivity index (χ0v) is 8.71. The standard InChI is InChI=1S/C10H17N3O/c1-8(2)4-3-6-11-9-5-7-12-10(14)13-9/h5,7-8H,3-4,6H2,1-2H3,(H2,11,12,13,14). The normalized spacial score (nSPS) is 10.5. The van der Waals surface area contributed by atoms with Crippen molar-refractivity contribution in [2.24, 2.45) is 5.92 Å². The van der Waals surface area contributed by atoms with Crippen LogP contribution in [0.5, 0.6) is 0 Å². The first-order valence-electron chi connectivity index (χ1n) is 4.97. The van der Waals surface area contributed by atoms with Crippen molar-refractivity contribution in [3.05, 3.63) is 22.7 Å². The van der Waals surface area contributed by atoms with Crippen LogP contribution in [-0.2, 0) is 0 Å². The number of anilines is 1. The number of hydrogen-bond acceptors (Lipinski definition) is 3. The molecule has 1 rings (SSSR count). The first kappa shape index (κ1) is 10.8. The summed E-state index contributed by atoms with van der Waals surface area (Å²) in [6, 6.07) is 1.76. The monoisotopic (exact) mass is 195 g/mol. The van der Waals surface area contributed by atoms with E-state index >= 15 is 0 Å². The fraction of sp³-hybridized carbons (Fsp3) is 0.600. The van der Waals surface area contributed by atoms with E-state index < -0.39 is 0 Å². The van der Waals surface area contributed by atoms with Crippen LogP contribution in [0.15, 0.2) is 17.1 Å². The molecule has 0 aliphatic heterocycles. The molecule has 0 bridgehead atoms. The molecule has 14 heavy (non-hydrogen) atoms. The molecule has 1 heterocycles. The second-order valence-electron chi connectivity index (χ2n) is 3.75. The molecular formula is C10H17N3O. The number of aromatic nitrogens is 2. The number of aromatic amines is 1. The fourth-order valence-electron chi connectivity index (χ4n) is 1.21. The van der Waals surface area contributed by atoms with E-state index in [1.165, 1.54) is 12.6 Å². The molecular weight excluding hydrogens is 178 g/mol. The first-order valence-corrected chi connectivity index (χ1v) is 4.97. The average molecular weight is 195 g/mol. The number of hydrogen-bond donors (Lipinski definition) is 2. The summed E-state index contributed by atoms with van der Waals surface area (Å²) in [7, 11) is 0. The van der Waals surface area contributed by atoms with Crippen LogP contribution >= 0.6 is 0 Å². The largest absolute Gasteiger partial charge is 0.371 e. The quantitative estimate of drug-likeness (QED) is 0.702. The summed E-state index contributed by atoms with van der Waals surface area (Å²) in [4.78, 5) is 17.0. The van der Waals surface area contributed by atoms with Crippen molar-refractivity contribution in [2.75, 3.05) is 11.9 Å². The highest BCUT2D eigenvalue weighted by atomic mass is 16.1. The Kier molecular flexibility index (Phi) is 4.16. The van der Waals surface area contributed by atoms with Gasteiger partial charge in [-0.2, -0.15) is 0 Å². The Morgan fingerprint density at radius 3 is 3.00 bits per heavy atom. The van der Waals surface area contributed by atoms with E-state index in [1.807, 2.05) is 0 Å². The highest BCUT2D eigenvalue weighted by Crippen LogP contribution is 2.04. The van der Waals surface area contributed by atoms with Crippen LogP contribution < -0.4 is 11.0 Å². The predicted molar refractivity (Wildman–Crippen MR) is 57.4 cm³/mol. The zero-order chi connectivity index (χ0) is 10.4. The fourth-order valence-corrected chi connectivity index (χ4v) is 1.21. The molecule has 0 saturated carbocycles. The van der Waals surface area contributed by atoms with Gasteiger partial charge in [0, 0.05) is 12.7 Å². The number of rotatable bonds is 5. The first-order chi connectivity index (χ1) is 6.68. The SMILES string of the molecule is CC(C)CCCNc1ccnc(=O)[nH]1. The smallest absolute Gasteiger partial charge is 0.346 e. The van der Waals surface area contributed by atoms with E-state index in [4.69, 9.17) is 0 Å². The van der Waals surface area contributed by atoms with Crippen LogP contribution in [0.2, 0.25) is 0 Å². The molecule has 0 fully saturated rings. The van der Waals surface area contributed by atoms with Crippen molar-refractivity contribution in [3.8, 4) is 0 Å². The van der Waals surface area contributed by atoms with E-state index in [9.17, 15) is 4.79 Å². The third kappa shape index (κ3) is 4.07. The van der Waals surface area contributed by atoms with Crippen molar-refractivity contribution in [3.63, 3.8) is 0 Å². The lowest BCUT2D eigenvalue weighted by Gasteiger charge is -2.06. The van der Waals surface area contributed by atoms with Crippen LogP contribution in [-0.4, -0.2) is 16.5 Å². The summed E-state index contributed by atoms with van der Waals surface area (Å²) in [6.07, 6.45) is 3.81. The molecule has 0 atom stereocenters. The van der Waals surface area contributed by atoms with E-state index in [2.05, 4.69) is 29.1 Å². The van der Waals surface area contributed by atoms with Crippen molar-refractivity contribution in [1.82, 2.24) is 9.97 Å². The minimum atomic E-state index is -0.307. The third-order valence-corrected chi connectivity index (χ3v) is 1.95. The summed E-state index contributed by atoms with van der Waals surface area (Å²) < 4.78 is 0. The van der Waals surface area contributed by atoms with Gasteiger partial charge in [-0.1, -0.05) is 13.8 Å². The Morgan fingerprint density at radius 1 is 1.57 bits per heavy atom. The summed E-state index contributed by atoms with van der Waals surface area (Å²) in [5, 5.41) is 3.15. The minimum Gasteiger partial charge on any atom is -0.371 e. The van der Waals surface area contributed by atoms with Gasteiger partial charge in [0.05, 0.1) is 0 Å². The Hall–Kier alpha value is -1.32. The van der Waals surface area contributed by atoms with E-state index in [1.54, 1.807) is 6.07 Å². The van der Waals surface area contributed by atoms with Gasteiger partial charge in [0.25, 0.3) is 0 Å². The molecule has 0 aliphatic carbocycles. The molecule has 0 radical (unpaired) electrons. The molecule has 78 valence electrons. The summed E-state index contributed by atoms with van der Waals surface area (Å²) in [6.45, 7) is 5.29. The Labute approximate surface area is 83.8 Å². The molecule has 0 saturated heterocycles. The van der Waals surface area contributed by atoms with Gasteiger partial charge in [-0.25, -0.2) is 9.78 Å². The van der Waals surface area contributed by atoms with Gasteiger partial charge >= 0.3 is 5.69 Å². The maximum atomic E-state index is 10.8. The molecule has 0 unspecified atom stereocenters. The Bertz CT molecular complexity index is 319. The summed E-state index contributed by atoms with van der Waals surface area (Å²) in [5.74, 6) is 1.47. The lowest BCUT2D eigenvalue weighted by atomic mass is 10.1. The van der Waals surface area contributed by atoms with Crippen LogP contribution in [0.25, 0.3) is 0 Å². The Balaban J connectivity index is 2.28. The zero-order valence-electron chi connectivity index (χ0n) is 8.71. The van der Waals surface area contributed by atoms with Crippen LogP contribution in [0.3, 0.4) is 0 Å². The lowest BCUT2D eigenvalue weighted by Crippen LogP contribution is -2.13. The van der Waals surface area contributed by atoms with Gasteiger partial charge < -0.3 is 5.32 Å². The predicted octanol–water partition coefficient (Wildman–Crippen LogP) is 1.62. The minimum absolute atomic E-state index is 0.307. The average Bonchev–Trinajstić information content (AvgIpc) is 2.12. The molecule has 0 spiro atoms. The highest BCUT2D eigenvalue weighted by Gasteiger charge is 1.95. The third-order valence-electron chi connectivity index (χ3n) is 1.95. The molecule has 0 aromatic carbocycles. The van der Waals surface area contributed by atoms with Crippen molar-refractivity contribution in [1.29, 1.82) is 0 Å². The van der Waals surface area contributed by atoms with Gasteiger partial charge in [-0.15, -0.1) is 0 Å². The van der Waals surface area contributed by atoms with Crippen LogP contribution in [0, 0.1) is 5.92 Å². The maximum Gasteiger partial charge on any atom is 0.346 e. The number of H-pyrrole nitrogens is 1. The highest BCUT2D eigenvalue weighted by molar-refractivity contribution is 5.31. The van der Waals surface area contributed by atoms with E-state index in [-0.39, 0.29) is 5.69 Å². The maximum absolute atomic E-state index is 10.8. The van der Waals surface area contributed by atoms with Crippen LogP contribution in [0.4, 0.5) is 5.82 Å². The van der Waals surface area contributed by atoms with E-state index in [0.29, 0.717) is 0 Å². The van der Waals surface area contributed by atoms with Crippen molar-refractivity contribution in [2.45, 2.75) is 26.7 Å². The topological polar surface area (TPSA) is 57.8 Å². The van der Waals surface area contributed by atoms with Crippen LogP contribution in [0.1, 0.15) is 26.7 Å². The van der Waals surface area contributed by atoms with Gasteiger partial charge in [-0.3, -0.25) is 4.98 Å². The summed E-state index contributed by atoms with van der Waals surface area (Å²) in [5.41, 5.74) is -0.307. The number of nitrogens with one attached hydrogen (secondary N) is 2. The van der Waals surface area contributed by atoms with Crippen molar-refractivity contribution >= 4 is 5.82 Å². The molecule has 4 heteroatoms. The van der Waals surface area contributed by atoms with Gasteiger partial charge in [0.15, 0.2) is 0 Å². The second kappa shape index (κ2) is 5.42. The van der Waals surface area contributed by atoms with Gasteiger partial charge in [-0.05, 0) is 24.8 Å². The second-order valence-corrected chi connectivity index (χ2v) is 3.75. The molecule has 4 nitrogen and oxygen atoms in total. The molecule has 0 amide bonds. The molecule has 2 N–H and O–H groups in total. The molecule has 1 aromatic heterocycles. The Morgan fingerprint density at radius 2 is 2.36 bits per heavy atom. The van der Waals surface area contributed by atoms with Gasteiger partial charge in [0.1, 0.15) is 5.82 Å². The van der Waals surface area contributed by atoms with Gasteiger partial charge in [0.2, 0.25) is 0 Å². The lowest BCUT2D eigenvalue weighted by molar-refractivity contribution is 0.566. The molecule has 1 aromatic rings.